The highest BCUT2D eigenvalue weighted by atomic mass is 35.5. The van der Waals surface area contributed by atoms with Crippen molar-refractivity contribution in [1.82, 2.24) is 15.5 Å². The van der Waals surface area contributed by atoms with Crippen LogP contribution in [0.3, 0.4) is 0 Å². The molecule has 3 amide bonds. The summed E-state index contributed by atoms with van der Waals surface area (Å²) in [5.74, 6) is -4.24. The van der Waals surface area contributed by atoms with Gasteiger partial charge >= 0.3 is 0 Å². The van der Waals surface area contributed by atoms with Crippen LogP contribution in [0.5, 0.6) is 0 Å². The number of carbonyl (C=O) groups excluding carboxylic acids is 3. The second-order valence-corrected chi connectivity index (χ2v) is 11.8. The fraction of sp³-hybridized carbons (Fsp3) is 0.303. The maximum absolute atomic E-state index is 14.9. The molecule has 3 aromatic carbocycles. The van der Waals surface area contributed by atoms with Crippen LogP contribution >= 0.6 is 11.6 Å². The van der Waals surface area contributed by atoms with Crippen LogP contribution in [-0.4, -0.2) is 45.9 Å². The van der Waals surface area contributed by atoms with E-state index in [-0.39, 0.29) is 49.5 Å². The van der Waals surface area contributed by atoms with E-state index in [2.05, 4.69) is 21.6 Å². The molecule has 1 aliphatic carbocycles. The molecule has 45 heavy (non-hydrogen) atoms. The SMILES string of the molecule is N#Cc1cccc(N2C(=O)CCC2C(=O)N(c2cccc3cn[nH]c23)C(C(=O)NC2CCC(F)(F)CC2)c2ccccc2Cl)c1. The molecule has 2 unspecified atom stereocenters. The first kappa shape index (κ1) is 30.2. The lowest BCUT2D eigenvalue weighted by Gasteiger charge is -2.37. The Hall–Kier alpha value is -4.82. The number of nitriles is 1. The minimum absolute atomic E-state index is 0.0779. The number of benzene rings is 3. The first-order valence-corrected chi connectivity index (χ1v) is 15.0. The van der Waals surface area contributed by atoms with E-state index in [1.807, 2.05) is 0 Å². The third-order valence-electron chi connectivity index (χ3n) is 8.47. The zero-order valence-electron chi connectivity index (χ0n) is 24.1. The number of carbonyl (C=O) groups is 3. The van der Waals surface area contributed by atoms with Crippen molar-refractivity contribution < 1.29 is 23.2 Å². The molecule has 1 aromatic heterocycles. The smallest absolute Gasteiger partial charge is 0.251 e. The molecule has 6 rings (SSSR count). The van der Waals surface area contributed by atoms with E-state index in [0.29, 0.717) is 33.4 Å². The van der Waals surface area contributed by atoms with Crippen molar-refractivity contribution in [3.05, 3.63) is 89.1 Å². The summed E-state index contributed by atoms with van der Waals surface area (Å²) < 4.78 is 27.9. The van der Waals surface area contributed by atoms with Crippen LogP contribution in [-0.2, 0) is 14.4 Å². The van der Waals surface area contributed by atoms with Crippen molar-refractivity contribution in [2.24, 2.45) is 0 Å². The second kappa shape index (κ2) is 12.3. The molecule has 1 aliphatic heterocycles. The number of fused-ring (bicyclic) bond motifs is 1. The summed E-state index contributed by atoms with van der Waals surface area (Å²) in [6, 6.07) is 17.5. The van der Waals surface area contributed by atoms with Gasteiger partial charge in [-0.05, 0) is 49.6 Å². The number of nitrogens with one attached hydrogen (secondary N) is 2. The summed E-state index contributed by atoms with van der Waals surface area (Å²) >= 11 is 6.68. The van der Waals surface area contributed by atoms with Crippen LogP contribution in [0.25, 0.3) is 10.9 Å². The van der Waals surface area contributed by atoms with Gasteiger partial charge in [-0.2, -0.15) is 10.4 Å². The van der Waals surface area contributed by atoms with Crippen molar-refractivity contribution >= 4 is 51.6 Å². The molecule has 230 valence electrons. The normalized spacial score (nSPS) is 18.8. The number of amides is 3. The van der Waals surface area contributed by atoms with Gasteiger partial charge in [0, 0.05) is 47.0 Å². The second-order valence-electron chi connectivity index (χ2n) is 11.4. The quantitative estimate of drug-likeness (QED) is 0.257. The van der Waals surface area contributed by atoms with Crippen molar-refractivity contribution in [2.45, 2.75) is 62.6 Å². The molecule has 0 bridgehead atoms. The number of para-hydroxylation sites is 1. The maximum Gasteiger partial charge on any atom is 0.251 e. The lowest BCUT2D eigenvalue weighted by molar-refractivity contribution is -0.128. The van der Waals surface area contributed by atoms with Crippen LogP contribution < -0.4 is 15.1 Å². The number of halogens is 3. The van der Waals surface area contributed by atoms with Crippen molar-refractivity contribution in [3.63, 3.8) is 0 Å². The molecule has 1 saturated heterocycles. The predicted molar refractivity (Wildman–Crippen MR) is 165 cm³/mol. The Balaban J connectivity index is 1.48. The van der Waals surface area contributed by atoms with Gasteiger partial charge in [-0.15, -0.1) is 0 Å². The Morgan fingerprint density at radius 1 is 1.09 bits per heavy atom. The average Bonchev–Trinajstić information content (AvgIpc) is 3.68. The molecule has 2 heterocycles. The first-order chi connectivity index (χ1) is 21.7. The summed E-state index contributed by atoms with van der Waals surface area (Å²) in [7, 11) is 0. The zero-order valence-corrected chi connectivity index (χ0v) is 24.8. The molecule has 2 N–H and O–H groups in total. The Bertz CT molecular complexity index is 1810. The van der Waals surface area contributed by atoms with Crippen LogP contribution in [0.1, 0.15) is 55.7 Å². The van der Waals surface area contributed by atoms with Gasteiger partial charge in [0.1, 0.15) is 12.1 Å². The highest BCUT2D eigenvalue weighted by Gasteiger charge is 2.45. The minimum atomic E-state index is -2.79. The summed E-state index contributed by atoms with van der Waals surface area (Å²) in [5.41, 5.74) is 1.84. The molecule has 0 radical (unpaired) electrons. The van der Waals surface area contributed by atoms with Gasteiger partial charge in [-0.3, -0.25) is 29.3 Å². The summed E-state index contributed by atoms with van der Waals surface area (Å²) in [5, 5.41) is 20.4. The first-order valence-electron chi connectivity index (χ1n) is 14.7. The van der Waals surface area contributed by atoms with Gasteiger partial charge in [-0.25, -0.2) is 8.78 Å². The Morgan fingerprint density at radius 2 is 1.84 bits per heavy atom. The Kier molecular flexibility index (Phi) is 8.25. The monoisotopic (exact) mass is 630 g/mol. The van der Waals surface area contributed by atoms with Crippen LogP contribution in [0.15, 0.2) is 72.9 Å². The third kappa shape index (κ3) is 5.98. The van der Waals surface area contributed by atoms with Crippen molar-refractivity contribution in [1.29, 1.82) is 5.26 Å². The fourth-order valence-electron chi connectivity index (χ4n) is 6.23. The number of rotatable bonds is 7. The molecule has 2 aliphatic rings. The van der Waals surface area contributed by atoms with Gasteiger partial charge in [-0.1, -0.05) is 48.0 Å². The number of anilines is 2. The van der Waals surface area contributed by atoms with E-state index in [0.717, 1.165) is 0 Å². The molecular weight excluding hydrogens is 602 g/mol. The van der Waals surface area contributed by atoms with Gasteiger partial charge in [0.15, 0.2) is 0 Å². The number of H-pyrrole nitrogens is 1. The standard InChI is InChI=1S/C33H29ClF2N6O3/c34-25-9-2-1-8-24(25)30(31(44)39-22-13-15-33(35,36)16-14-22)42(26-10-4-6-21-19-38-40-29(21)26)32(45)27-11-12-28(43)41(27)23-7-3-5-20(17-23)18-37/h1-10,17,19,22,27,30H,11-16H2,(H,38,40)(H,39,44). The van der Waals surface area contributed by atoms with Gasteiger partial charge < -0.3 is 5.32 Å². The molecule has 2 atom stereocenters. The van der Waals surface area contributed by atoms with Crippen molar-refractivity contribution in [2.75, 3.05) is 9.80 Å². The molecule has 4 aromatic rings. The highest BCUT2D eigenvalue weighted by molar-refractivity contribution is 6.32. The van der Waals surface area contributed by atoms with Gasteiger partial charge in [0.2, 0.25) is 17.7 Å². The van der Waals surface area contributed by atoms with E-state index in [4.69, 9.17) is 11.6 Å². The molecule has 2 fully saturated rings. The lowest BCUT2D eigenvalue weighted by atomic mass is 9.91. The minimum Gasteiger partial charge on any atom is -0.351 e. The molecular formula is C33H29ClF2N6O3. The van der Waals surface area contributed by atoms with Gasteiger partial charge in [0.25, 0.3) is 5.91 Å². The molecule has 9 nitrogen and oxygen atoms in total. The Labute approximate surface area is 262 Å². The Morgan fingerprint density at radius 3 is 2.60 bits per heavy atom. The molecule has 1 saturated carbocycles. The number of nitrogens with zero attached hydrogens (tertiary/aromatic N) is 4. The van der Waals surface area contributed by atoms with E-state index in [1.165, 1.54) is 9.80 Å². The summed E-state index contributed by atoms with van der Waals surface area (Å²) in [6.45, 7) is 0. The summed E-state index contributed by atoms with van der Waals surface area (Å²) in [4.78, 5) is 45.2. The number of aromatic nitrogens is 2. The average molecular weight is 631 g/mol. The topological polar surface area (TPSA) is 122 Å². The zero-order chi connectivity index (χ0) is 31.7. The van der Waals surface area contributed by atoms with E-state index in [1.54, 1.807) is 72.9 Å². The largest absolute Gasteiger partial charge is 0.351 e. The van der Waals surface area contributed by atoms with Crippen molar-refractivity contribution in [3.8, 4) is 6.07 Å². The number of aromatic amines is 1. The van der Waals surface area contributed by atoms with E-state index in [9.17, 15) is 28.4 Å². The maximum atomic E-state index is 14.9. The van der Waals surface area contributed by atoms with Crippen LogP contribution in [0, 0.1) is 11.3 Å². The summed E-state index contributed by atoms with van der Waals surface area (Å²) in [6.07, 6.45) is 1.29. The van der Waals surface area contributed by atoms with Crippen LogP contribution in [0.4, 0.5) is 20.2 Å². The van der Waals surface area contributed by atoms with E-state index >= 15 is 0 Å². The van der Waals surface area contributed by atoms with E-state index < -0.39 is 35.9 Å². The predicted octanol–water partition coefficient (Wildman–Crippen LogP) is 6.05. The van der Waals surface area contributed by atoms with Gasteiger partial charge in [0.05, 0.1) is 29.0 Å². The van der Waals surface area contributed by atoms with Crippen LogP contribution in [0.2, 0.25) is 5.02 Å². The fourth-order valence-corrected chi connectivity index (χ4v) is 6.46. The molecule has 12 heteroatoms. The number of alkyl halides is 2. The highest BCUT2D eigenvalue weighted by Crippen LogP contribution is 2.39. The third-order valence-corrected chi connectivity index (χ3v) is 8.82. The molecule has 0 spiro atoms. The number of hydrogen-bond acceptors (Lipinski definition) is 5. The lowest BCUT2D eigenvalue weighted by Crippen LogP contribution is -2.53. The number of hydrogen-bond donors (Lipinski definition) is 2.